The fourth-order valence-electron chi connectivity index (χ4n) is 3.28. The SMILES string of the molecule is CC(=O)Nc1ccc(NC(=O)C[NH2+][C@H](c2ccc(C(C)(C)C)cc2)C(C)C)cc1. The third-order valence-corrected chi connectivity index (χ3v) is 4.93. The van der Waals surface area contributed by atoms with Gasteiger partial charge in [0.15, 0.2) is 6.54 Å². The van der Waals surface area contributed by atoms with Crippen molar-refractivity contribution < 1.29 is 14.9 Å². The molecule has 0 unspecified atom stereocenters. The molecular weight excluding hydrogens is 362 g/mol. The lowest BCUT2D eigenvalue weighted by Crippen LogP contribution is -2.88. The van der Waals surface area contributed by atoms with Crippen LogP contribution in [0.2, 0.25) is 0 Å². The molecule has 0 saturated heterocycles. The monoisotopic (exact) mass is 396 g/mol. The average Bonchev–Trinajstić information content (AvgIpc) is 2.62. The van der Waals surface area contributed by atoms with Gasteiger partial charge in [-0.1, -0.05) is 58.9 Å². The van der Waals surface area contributed by atoms with Crippen molar-refractivity contribution in [2.75, 3.05) is 17.2 Å². The number of anilines is 2. The highest BCUT2D eigenvalue weighted by atomic mass is 16.2. The molecule has 0 aliphatic carbocycles. The van der Waals surface area contributed by atoms with Gasteiger partial charge >= 0.3 is 0 Å². The molecule has 2 aromatic rings. The lowest BCUT2D eigenvalue weighted by Gasteiger charge is -2.22. The number of carbonyl (C=O) groups is 2. The highest BCUT2D eigenvalue weighted by Crippen LogP contribution is 2.25. The fraction of sp³-hybridized carbons (Fsp3) is 0.417. The van der Waals surface area contributed by atoms with Crippen molar-refractivity contribution in [3.8, 4) is 0 Å². The Balaban J connectivity index is 1.96. The van der Waals surface area contributed by atoms with E-state index in [0.29, 0.717) is 23.8 Å². The molecule has 1 atom stereocenters. The van der Waals surface area contributed by atoms with E-state index in [9.17, 15) is 9.59 Å². The molecule has 0 saturated carbocycles. The summed E-state index contributed by atoms with van der Waals surface area (Å²) in [5.74, 6) is 0.237. The van der Waals surface area contributed by atoms with Crippen LogP contribution in [0.3, 0.4) is 0 Å². The molecule has 29 heavy (non-hydrogen) atoms. The van der Waals surface area contributed by atoms with Crippen LogP contribution >= 0.6 is 0 Å². The van der Waals surface area contributed by atoms with Gasteiger partial charge < -0.3 is 16.0 Å². The van der Waals surface area contributed by atoms with Crippen LogP contribution in [0.1, 0.15) is 58.7 Å². The number of amides is 2. The lowest BCUT2D eigenvalue weighted by molar-refractivity contribution is -0.692. The summed E-state index contributed by atoms with van der Waals surface area (Å²) in [6.45, 7) is 12.8. The maximum absolute atomic E-state index is 12.4. The molecule has 2 amide bonds. The summed E-state index contributed by atoms with van der Waals surface area (Å²) in [4.78, 5) is 23.5. The molecule has 156 valence electrons. The van der Waals surface area contributed by atoms with Gasteiger partial charge in [-0.15, -0.1) is 0 Å². The van der Waals surface area contributed by atoms with Crippen LogP contribution in [0.4, 0.5) is 11.4 Å². The first-order chi connectivity index (χ1) is 13.6. The van der Waals surface area contributed by atoms with Crippen molar-refractivity contribution >= 4 is 23.2 Å². The summed E-state index contributed by atoms with van der Waals surface area (Å²) >= 11 is 0. The van der Waals surface area contributed by atoms with E-state index in [4.69, 9.17) is 0 Å². The Bertz CT molecular complexity index is 819. The van der Waals surface area contributed by atoms with Gasteiger partial charge in [0.05, 0.1) is 0 Å². The largest absolute Gasteiger partial charge is 0.332 e. The first-order valence-electron chi connectivity index (χ1n) is 10.2. The first-order valence-corrected chi connectivity index (χ1v) is 10.2. The second-order valence-electron chi connectivity index (χ2n) is 8.89. The predicted octanol–water partition coefficient (Wildman–Crippen LogP) is 3.84. The molecule has 0 fully saturated rings. The van der Waals surface area contributed by atoms with Gasteiger partial charge in [-0.25, -0.2) is 0 Å². The minimum atomic E-state index is -0.119. The smallest absolute Gasteiger partial charge is 0.279 e. The summed E-state index contributed by atoms with van der Waals surface area (Å²) in [7, 11) is 0. The van der Waals surface area contributed by atoms with Crippen molar-refractivity contribution in [3.63, 3.8) is 0 Å². The Morgan fingerprint density at radius 3 is 1.86 bits per heavy atom. The molecule has 0 aromatic heterocycles. The number of rotatable bonds is 7. The average molecular weight is 397 g/mol. The van der Waals surface area contributed by atoms with E-state index in [1.807, 2.05) is 0 Å². The van der Waals surface area contributed by atoms with Crippen molar-refractivity contribution in [2.24, 2.45) is 5.92 Å². The van der Waals surface area contributed by atoms with Crippen molar-refractivity contribution in [1.82, 2.24) is 0 Å². The maximum Gasteiger partial charge on any atom is 0.279 e. The van der Waals surface area contributed by atoms with Crippen molar-refractivity contribution in [1.29, 1.82) is 0 Å². The van der Waals surface area contributed by atoms with Gasteiger partial charge in [-0.3, -0.25) is 9.59 Å². The Morgan fingerprint density at radius 2 is 1.41 bits per heavy atom. The highest BCUT2D eigenvalue weighted by Gasteiger charge is 2.21. The van der Waals surface area contributed by atoms with Crippen molar-refractivity contribution in [3.05, 3.63) is 59.7 Å². The molecule has 0 aliphatic heterocycles. The van der Waals surface area contributed by atoms with Crippen LogP contribution < -0.4 is 16.0 Å². The quantitative estimate of drug-likeness (QED) is 0.665. The number of hydrogen-bond acceptors (Lipinski definition) is 2. The van der Waals surface area contributed by atoms with E-state index >= 15 is 0 Å². The van der Waals surface area contributed by atoms with Crippen LogP contribution in [0.15, 0.2) is 48.5 Å². The second-order valence-corrected chi connectivity index (χ2v) is 8.89. The summed E-state index contributed by atoms with van der Waals surface area (Å²) in [6.07, 6.45) is 0. The van der Waals surface area contributed by atoms with Gasteiger partial charge in [-0.2, -0.15) is 0 Å². The van der Waals surface area contributed by atoms with Crippen LogP contribution in [0.5, 0.6) is 0 Å². The molecule has 5 nitrogen and oxygen atoms in total. The molecule has 0 heterocycles. The second kappa shape index (κ2) is 9.70. The zero-order chi connectivity index (χ0) is 21.6. The third-order valence-electron chi connectivity index (χ3n) is 4.93. The highest BCUT2D eigenvalue weighted by molar-refractivity contribution is 5.92. The van der Waals surface area contributed by atoms with E-state index in [1.54, 1.807) is 24.3 Å². The van der Waals surface area contributed by atoms with Gasteiger partial charge in [0.25, 0.3) is 5.91 Å². The van der Waals surface area contributed by atoms with Crippen molar-refractivity contribution in [2.45, 2.75) is 53.0 Å². The summed E-state index contributed by atoms with van der Waals surface area (Å²) in [6, 6.07) is 16.1. The molecular formula is C24H34N3O2+. The molecule has 2 rings (SSSR count). The summed E-state index contributed by atoms with van der Waals surface area (Å²) in [5, 5.41) is 7.72. The molecule has 0 spiro atoms. The molecule has 2 aromatic carbocycles. The number of carbonyl (C=O) groups excluding carboxylic acids is 2. The van der Waals surface area contributed by atoms with Crippen LogP contribution in [0, 0.1) is 5.92 Å². The maximum atomic E-state index is 12.4. The number of hydrogen-bond donors (Lipinski definition) is 3. The standard InChI is InChI=1S/C24H33N3O2/c1-16(2)23(18-7-9-19(10-8-18)24(4,5)6)25-15-22(29)27-21-13-11-20(12-14-21)26-17(3)28/h7-14,16,23,25H,15H2,1-6H3,(H,26,28)(H,27,29)/p+1/t23-/m0/s1. The van der Waals surface area contributed by atoms with Gasteiger partial charge in [0.2, 0.25) is 5.91 Å². The predicted molar refractivity (Wildman–Crippen MR) is 119 cm³/mol. The summed E-state index contributed by atoms with van der Waals surface area (Å²) in [5.41, 5.74) is 4.10. The lowest BCUT2D eigenvalue weighted by atomic mass is 9.85. The van der Waals surface area contributed by atoms with E-state index < -0.39 is 0 Å². The minimum Gasteiger partial charge on any atom is -0.332 e. The Morgan fingerprint density at radius 1 is 0.897 bits per heavy atom. The Kier molecular flexibility index (Phi) is 7.57. The third kappa shape index (κ3) is 7.02. The van der Waals surface area contributed by atoms with E-state index in [0.717, 1.165) is 0 Å². The minimum absolute atomic E-state index is 0.0470. The Hall–Kier alpha value is -2.66. The number of quaternary nitrogens is 1. The molecule has 5 heteroatoms. The van der Waals surface area contributed by atoms with Crippen LogP contribution in [-0.4, -0.2) is 18.4 Å². The number of benzene rings is 2. The Labute approximate surface area is 174 Å². The van der Waals surface area contributed by atoms with Gasteiger partial charge in [0, 0.05) is 29.8 Å². The normalized spacial score (nSPS) is 12.5. The molecule has 4 N–H and O–H groups in total. The van der Waals surface area contributed by atoms with Crippen LogP contribution in [0.25, 0.3) is 0 Å². The summed E-state index contributed by atoms with van der Waals surface area (Å²) < 4.78 is 0. The van der Waals surface area contributed by atoms with Gasteiger partial charge in [-0.05, 0) is 35.2 Å². The molecule has 0 bridgehead atoms. The topological polar surface area (TPSA) is 74.8 Å². The van der Waals surface area contributed by atoms with Crippen LogP contribution in [-0.2, 0) is 15.0 Å². The molecule has 0 aliphatic rings. The zero-order valence-corrected chi connectivity index (χ0v) is 18.4. The van der Waals surface area contributed by atoms with E-state index in [2.05, 4.69) is 74.8 Å². The fourth-order valence-corrected chi connectivity index (χ4v) is 3.28. The number of nitrogens with one attached hydrogen (secondary N) is 2. The van der Waals surface area contributed by atoms with Gasteiger partial charge in [0.1, 0.15) is 6.04 Å². The first kappa shape index (κ1) is 22.6. The zero-order valence-electron chi connectivity index (χ0n) is 18.4. The molecule has 0 radical (unpaired) electrons. The van der Waals surface area contributed by atoms with E-state index in [-0.39, 0.29) is 23.3 Å². The van der Waals surface area contributed by atoms with E-state index in [1.165, 1.54) is 18.1 Å². The number of nitrogens with two attached hydrogens (primary N) is 1.